The van der Waals surface area contributed by atoms with Crippen LogP contribution in [0.3, 0.4) is 0 Å². The molecule has 0 radical (unpaired) electrons. The number of hydrogen-bond acceptors (Lipinski definition) is 6. The number of nitriles is 1. The van der Waals surface area contributed by atoms with E-state index < -0.39 is 0 Å². The van der Waals surface area contributed by atoms with Gasteiger partial charge in [-0.15, -0.1) is 11.8 Å². The summed E-state index contributed by atoms with van der Waals surface area (Å²) in [6.45, 7) is 0. The van der Waals surface area contributed by atoms with Gasteiger partial charge >= 0.3 is 0 Å². The quantitative estimate of drug-likeness (QED) is 0.525. The Labute approximate surface area is 205 Å². The lowest BCUT2D eigenvalue weighted by atomic mass is 9.90. The lowest BCUT2D eigenvalue weighted by Gasteiger charge is -2.32. The van der Waals surface area contributed by atoms with Crippen molar-refractivity contribution in [3.05, 3.63) is 59.7 Å². The smallest absolute Gasteiger partial charge is 0.103 e. The van der Waals surface area contributed by atoms with Gasteiger partial charge in [0, 0.05) is 41.6 Å². The Morgan fingerprint density at radius 3 is 2.65 bits per heavy atom. The molecule has 5 rings (SSSR count). The summed E-state index contributed by atoms with van der Waals surface area (Å²) in [6.07, 6.45) is 13.5. The summed E-state index contributed by atoms with van der Waals surface area (Å²) in [5.74, 6) is 0. The van der Waals surface area contributed by atoms with Crippen LogP contribution >= 0.6 is 11.8 Å². The summed E-state index contributed by atoms with van der Waals surface area (Å²) in [6, 6.07) is 11.8. The highest BCUT2D eigenvalue weighted by Crippen LogP contribution is 2.47. The molecular weight excluding hydrogens is 442 g/mol. The van der Waals surface area contributed by atoms with Gasteiger partial charge in [-0.2, -0.15) is 15.5 Å². The van der Waals surface area contributed by atoms with E-state index >= 15 is 0 Å². The number of anilines is 1. The summed E-state index contributed by atoms with van der Waals surface area (Å²) in [5.41, 5.74) is 5.05. The molecule has 2 aliphatic rings. The van der Waals surface area contributed by atoms with Crippen LogP contribution in [-0.2, 0) is 0 Å². The molecule has 0 bridgehead atoms. The molecule has 8 heteroatoms. The number of thioether (sulfide) groups is 1. The van der Waals surface area contributed by atoms with Crippen LogP contribution in [0.15, 0.2) is 47.8 Å². The van der Waals surface area contributed by atoms with E-state index in [0.717, 1.165) is 36.2 Å². The predicted octanol–water partition coefficient (Wildman–Crippen LogP) is 5.27. The van der Waals surface area contributed by atoms with E-state index in [-0.39, 0.29) is 5.25 Å². The van der Waals surface area contributed by atoms with E-state index in [1.54, 1.807) is 18.0 Å². The Morgan fingerprint density at radius 1 is 1.12 bits per heavy atom. The number of rotatable bonds is 6. The Balaban J connectivity index is 1.41. The molecule has 0 amide bonds. The minimum atomic E-state index is 0.0885. The number of aromatic nitrogens is 4. The molecule has 0 spiro atoms. The highest BCUT2D eigenvalue weighted by Gasteiger charge is 2.29. The SMILES string of the molecule is CNc1ccccc1SC1CC(c2cnn(C3CCC(N(C)C)CC3)c2)=Cn2ncc(C#N)c21. The van der Waals surface area contributed by atoms with Gasteiger partial charge in [0.25, 0.3) is 0 Å². The molecule has 3 heterocycles. The third kappa shape index (κ3) is 4.38. The second kappa shape index (κ2) is 9.69. The van der Waals surface area contributed by atoms with Crippen LogP contribution in [0, 0.1) is 11.3 Å². The monoisotopic (exact) mass is 473 g/mol. The molecule has 1 atom stereocenters. The summed E-state index contributed by atoms with van der Waals surface area (Å²) >= 11 is 1.78. The van der Waals surface area contributed by atoms with Gasteiger partial charge in [-0.3, -0.25) is 4.68 Å². The van der Waals surface area contributed by atoms with Crippen molar-refractivity contribution in [1.29, 1.82) is 5.26 Å². The maximum atomic E-state index is 9.69. The maximum absolute atomic E-state index is 9.69. The van der Waals surface area contributed by atoms with Gasteiger partial charge in [-0.05, 0) is 63.9 Å². The van der Waals surface area contributed by atoms with Crippen molar-refractivity contribution in [2.45, 2.75) is 54.3 Å². The number of nitrogens with zero attached hydrogens (tertiary/aromatic N) is 6. The molecule has 1 N–H and O–H groups in total. The fraction of sp³-hybridized carbons (Fsp3) is 0.423. The van der Waals surface area contributed by atoms with E-state index in [1.807, 2.05) is 24.0 Å². The highest BCUT2D eigenvalue weighted by atomic mass is 32.2. The normalized spacial score (nSPS) is 22.2. The van der Waals surface area contributed by atoms with Gasteiger partial charge in [-0.1, -0.05) is 12.1 Å². The maximum Gasteiger partial charge on any atom is 0.103 e. The summed E-state index contributed by atoms with van der Waals surface area (Å²) in [5, 5.41) is 22.3. The molecule has 0 saturated heterocycles. The zero-order chi connectivity index (χ0) is 23.7. The molecule has 2 aromatic heterocycles. The van der Waals surface area contributed by atoms with E-state index in [0.29, 0.717) is 17.6 Å². The largest absolute Gasteiger partial charge is 0.387 e. The van der Waals surface area contributed by atoms with Crippen LogP contribution < -0.4 is 5.32 Å². The Bertz CT molecular complexity index is 1220. The molecule has 1 aromatic carbocycles. The Hall–Kier alpha value is -3.02. The van der Waals surface area contributed by atoms with Crippen LogP contribution in [0.25, 0.3) is 11.8 Å². The third-order valence-corrected chi connectivity index (χ3v) is 8.40. The van der Waals surface area contributed by atoms with E-state index in [9.17, 15) is 5.26 Å². The second-order valence-electron chi connectivity index (χ2n) is 9.35. The zero-order valence-corrected chi connectivity index (χ0v) is 20.8. The van der Waals surface area contributed by atoms with E-state index in [1.165, 1.54) is 23.3 Å². The first-order valence-electron chi connectivity index (χ1n) is 11.9. The zero-order valence-electron chi connectivity index (χ0n) is 20.0. The van der Waals surface area contributed by atoms with Gasteiger partial charge in [0.15, 0.2) is 0 Å². The minimum absolute atomic E-state index is 0.0885. The Morgan fingerprint density at radius 2 is 1.91 bits per heavy atom. The number of allylic oxidation sites excluding steroid dienone is 1. The van der Waals surface area contributed by atoms with Crippen LogP contribution in [0.2, 0.25) is 0 Å². The van der Waals surface area contributed by atoms with Crippen molar-refractivity contribution in [2.24, 2.45) is 0 Å². The lowest BCUT2D eigenvalue weighted by Crippen LogP contribution is -2.32. The molecular formula is C26H31N7S. The molecule has 1 fully saturated rings. The van der Waals surface area contributed by atoms with E-state index in [4.69, 9.17) is 5.10 Å². The first-order valence-corrected chi connectivity index (χ1v) is 12.8. The van der Waals surface area contributed by atoms with E-state index in [2.05, 4.69) is 70.8 Å². The number of para-hydroxylation sites is 1. The fourth-order valence-electron chi connectivity index (χ4n) is 5.14. The van der Waals surface area contributed by atoms with Crippen LogP contribution in [0.4, 0.5) is 5.69 Å². The van der Waals surface area contributed by atoms with Crippen molar-refractivity contribution in [1.82, 2.24) is 24.5 Å². The number of hydrogen-bond donors (Lipinski definition) is 1. The molecule has 3 aromatic rings. The second-order valence-corrected chi connectivity index (χ2v) is 10.6. The summed E-state index contributed by atoms with van der Waals surface area (Å²) in [7, 11) is 6.30. The van der Waals surface area contributed by atoms with Gasteiger partial charge in [0.1, 0.15) is 6.07 Å². The van der Waals surface area contributed by atoms with Gasteiger partial charge in [0.05, 0.1) is 34.9 Å². The molecule has 1 saturated carbocycles. The fourth-order valence-corrected chi connectivity index (χ4v) is 6.51. The first kappa shape index (κ1) is 22.8. The predicted molar refractivity (Wildman–Crippen MR) is 138 cm³/mol. The van der Waals surface area contributed by atoms with Gasteiger partial charge < -0.3 is 10.2 Å². The van der Waals surface area contributed by atoms with Crippen molar-refractivity contribution in [3.63, 3.8) is 0 Å². The average Bonchev–Trinajstić information content (AvgIpc) is 3.52. The number of benzene rings is 1. The highest BCUT2D eigenvalue weighted by molar-refractivity contribution is 7.99. The van der Waals surface area contributed by atoms with Crippen molar-refractivity contribution >= 4 is 29.2 Å². The third-order valence-electron chi connectivity index (χ3n) is 7.11. The van der Waals surface area contributed by atoms with Gasteiger partial charge in [0.2, 0.25) is 0 Å². The van der Waals surface area contributed by atoms with Crippen LogP contribution in [0.5, 0.6) is 0 Å². The minimum Gasteiger partial charge on any atom is -0.387 e. The molecule has 34 heavy (non-hydrogen) atoms. The topological polar surface area (TPSA) is 74.7 Å². The summed E-state index contributed by atoms with van der Waals surface area (Å²) in [4.78, 5) is 3.51. The standard InChI is InChI=1S/C26H31N7S/c1-28-23-6-4-5-7-24(23)34-25-12-18(16-33-26(25)19(13-27)14-30-33)20-15-29-32(17-20)22-10-8-21(9-11-22)31(2)3/h4-7,14-17,21-22,25,28H,8-12H2,1-3H3. The van der Waals surface area contributed by atoms with Crippen molar-refractivity contribution in [2.75, 3.05) is 26.5 Å². The molecule has 1 unspecified atom stereocenters. The Kier molecular flexibility index (Phi) is 6.48. The number of fused-ring (bicyclic) bond motifs is 1. The van der Waals surface area contributed by atoms with Crippen molar-refractivity contribution in [3.8, 4) is 6.07 Å². The molecule has 1 aliphatic carbocycles. The molecule has 176 valence electrons. The van der Waals surface area contributed by atoms with Crippen LogP contribution in [-0.4, -0.2) is 51.6 Å². The molecule has 7 nitrogen and oxygen atoms in total. The average molecular weight is 474 g/mol. The molecule has 1 aliphatic heterocycles. The van der Waals surface area contributed by atoms with Gasteiger partial charge in [-0.25, -0.2) is 4.68 Å². The van der Waals surface area contributed by atoms with Crippen molar-refractivity contribution < 1.29 is 0 Å². The first-order chi connectivity index (χ1) is 16.6. The van der Waals surface area contributed by atoms with Crippen LogP contribution in [0.1, 0.15) is 60.2 Å². The number of nitrogens with one attached hydrogen (secondary N) is 1. The summed E-state index contributed by atoms with van der Waals surface area (Å²) < 4.78 is 4.05. The lowest BCUT2D eigenvalue weighted by molar-refractivity contribution is 0.189.